The first-order chi connectivity index (χ1) is 8.90. The monoisotopic (exact) mass is 261 g/mol. The fraction of sp³-hybridized carbons (Fsp3) is 0.533. The lowest BCUT2D eigenvalue weighted by Crippen LogP contribution is -2.34. The minimum absolute atomic E-state index is 0.0915. The van der Waals surface area contributed by atoms with Crippen LogP contribution in [0.2, 0.25) is 0 Å². The minimum Gasteiger partial charge on any atom is -0.397 e. The van der Waals surface area contributed by atoms with Gasteiger partial charge in [0.15, 0.2) is 0 Å². The highest BCUT2D eigenvalue weighted by Gasteiger charge is 2.30. The lowest BCUT2D eigenvalue weighted by molar-refractivity contribution is 0.0744. The second-order valence-corrected chi connectivity index (χ2v) is 5.82. The number of hydrogen-bond acceptors (Lipinski definition) is 3. The number of hydrogen-bond donors (Lipinski definition) is 1. The Morgan fingerprint density at radius 3 is 2.53 bits per heavy atom. The number of amides is 1. The SMILES string of the molecule is CC1CC(C)N(C(=O)c2ccc(N(C)C)c(N)c2)C1. The summed E-state index contributed by atoms with van der Waals surface area (Å²) < 4.78 is 0. The van der Waals surface area contributed by atoms with Crippen molar-refractivity contribution in [1.29, 1.82) is 0 Å². The molecule has 1 fully saturated rings. The van der Waals surface area contributed by atoms with Gasteiger partial charge in [0.05, 0.1) is 11.4 Å². The summed E-state index contributed by atoms with van der Waals surface area (Å²) in [7, 11) is 3.88. The van der Waals surface area contributed by atoms with Crippen LogP contribution in [0.25, 0.3) is 0 Å². The van der Waals surface area contributed by atoms with Crippen LogP contribution in [0.4, 0.5) is 11.4 Å². The molecule has 2 rings (SSSR count). The zero-order chi connectivity index (χ0) is 14.2. The fourth-order valence-electron chi connectivity index (χ4n) is 2.84. The van der Waals surface area contributed by atoms with Crippen molar-refractivity contribution < 1.29 is 4.79 Å². The Balaban J connectivity index is 2.23. The summed E-state index contributed by atoms with van der Waals surface area (Å²) in [5, 5.41) is 0. The second kappa shape index (κ2) is 5.11. The van der Waals surface area contributed by atoms with E-state index in [4.69, 9.17) is 5.73 Å². The summed E-state index contributed by atoms with van der Waals surface area (Å²) in [5.74, 6) is 0.672. The number of nitrogen functional groups attached to an aromatic ring is 1. The molecule has 0 saturated carbocycles. The lowest BCUT2D eigenvalue weighted by Gasteiger charge is -2.22. The van der Waals surface area contributed by atoms with E-state index >= 15 is 0 Å². The summed E-state index contributed by atoms with van der Waals surface area (Å²) in [6, 6.07) is 5.88. The maximum atomic E-state index is 12.5. The molecule has 0 spiro atoms. The molecular weight excluding hydrogens is 238 g/mol. The van der Waals surface area contributed by atoms with E-state index < -0.39 is 0 Å². The maximum Gasteiger partial charge on any atom is 0.254 e. The zero-order valence-corrected chi connectivity index (χ0v) is 12.2. The van der Waals surface area contributed by atoms with E-state index in [-0.39, 0.29) is 5.91 Å². The normalized spacial score (nSPS) is 22.6. The molecule has 0 aromatic heterocycles. The summed E-state index contributed by atoms with van der Waals surface area (Å²) in [6.45, 7) is 5.14. The van der Waals surface area contributed by atoms with E-state index in [1.54, 1.807) is 6.07 Å². The van der Waals surface area contributed by atoms with Gasteiger partial charge in [-0.15, -0.1) is 0 Å². The summed E-state index contributed by atoms with van der Waals surface area (Å²) in [5.41, 5.74) is 8.29. The molecule has 0 radical (unpaired) electrons. The predicted molar refractivity (Wildman–Crippen MR) is 79.5 cm³/mol. The minimum atomic E-state index is 0.0915. The third-order valence-corrected chi connectivity index (χ3v) is 3.80. The molecule has 2 unspecified atom stereocenters. The maximum absolute atomic E-state index is 12.5. The van der Waals surface area contributed by atoms with Gasteiger partial charge in [-0.2, -0.15) is 0 Å². The van der Waals surface area contributed by atoms with Gasteiger partial charge in [0.2, 0.25) is 0 Å². The van der Waals surface area contributed by atoms with Crippen LogP contribution >= 0.6 is 0 Å². The summed E-state index contributed by atoms with van der Waals surface area (Å²) in [6.07, 6.45) is 1.08. The largest absolute Gasteiger partial charge is 0.397 e. The van der Waals surface area contributed by atoms with Crippen LogP contribution in [-0.2, 0) is 0 Å². The van der Waals surface area contributed by atoms with Gasteiger partial charge in [-0.1, -0.05) is 6.92 Å². The van der Waals surface area contributed by atoms with E-state index in [9.17, 15) is 4.79 Å². The van der Waals surface area contributed by atoms with Crippen LogP contribution < -0.4 is 10.6 Å². The zero-order valence-electron chi connectivity index (χ0n) is 12.2. The van der Waals surface area contributed by atoms with Gasteiger partial charge in [0, 0.05) is 32.2 Å². The van der Waals surface area contributed by atoms with Gasteiger partial charge in [-0.05, 0) is 37.5 Å². The number of carbonyl (C=O) groups is 1. The Hall–Kier alpha value is -1.71. The molecule has 0 bridgehead atoms. The molecule has 19 heavy (non-hydrogen) atoms. The van der Waals surface area contributed by atoms with E-state index in [1.807, 2.05) is 36.0 Å². The van der Waals surface area contributed by atoms with Crippen molar-refractivity contribution >= 4 is 17.3 Å². The highest BCUT2D eigenvalue weighted by atomic mass is 16.2. The Kier molecular flexibility index (Phi) is 3.69. The lowest BCUT2D eigenvalue weighted by atomic mass is 10.1. The number of nitrogens with zero attached hydrogens (tertiary/aromatic N) is 2. The van der Waals surface area contributed by atoms with E-state index in [1.165, 1.54) is 0 Å². The Morgan fingerprint density at radius 2 is 2.05 bits per heavy atom. The quantitative estimate of drug-likeness (QED) is 0.830. The van der Waals surface area contributed by atoms with E-state index in [0.717, 1.165) is 18.7 Å². The van der Waals surface area contributed by atoms with Crippen LogP contribution in [0.15, 0.2) is 18.2 Å². The Bertz CT molecular complexity index is 484. The molecule has 1 aliphatic rings. The van der Waals surface area contributed by atoms with Gasteiger partial charge >= 0.3 is 0 Å². The van der Waals surface area contributed by atoms with Gasteiger partial charge in [-0.25, -0.2) is 0 Å². The smallest absolute Gasteiger partial charge is 0.254 e. The highest BCUT2D eigenvalue weighted by molar-refractivity contribution is 5.96. The Morgan fingerprint density at radius 1 is 1.37 bits per heavy atom. The fourth-order valence-corrected chi connectivity index (χ4v) is 2.84. The van der Waals surface area contributed by atoms with E-state index in [2.05, 4.69) is 13.8 Å². The molecule has 1 heterocycles. The number of likely N-dealkylation sites (tertiary alicyclic amines) is 1. The van der Waals surface area contributed by atoms with Crippen molar-refractivity contribution in [2.75, 3.05) is 31.3 Å². The summed E-state index contributed by atoms with van der Waals surface area (Å²) in [4.78, 5) is 16.4. The van der Waals surface area contributed by atoms with Gasteiger partial charge in [-0.3, -0.25) is 4.79 Å². The highest BCUT2D eigenvalue weighted by Crippen LogP contribution is 2.27. The molecule has 1 saturated heterocycles. The van der Waals surface area contributed by atoms with Crippen molar-refractivity contribution in [3.63, 3.8) is 0 Å². The van der Waals surface area contributed by atoms with E-state index in [0.29, 0.717) is 23.2 Å². The Labute approximate surface area is 115 Å². The van der Waals surface area contributed by atoms with Crippen molar-refractivity contribution in [2.45, 2.75) is 26.3 Å². The first-order valence-electron chi connectivity index (χ1n) is 6.78. The molecule has 1 aliphatic heterocycles. The van der Waals surface area contributed by atoms with Crippen LogP contribution in [0.1, 0.15) is 30.6 Å². The number of rotatable bonds is 2. The number of benzene rings is 1. The molecule has 4 nitrogen and oxygen atoms in total. The molecule has 2 N–H and O–H groups in total. The number of nitrogens with two attached hydrogens (primary N) is 1. The first kappa shape index (κ1) is 13.7. The average molecular weight is 261 g/mol. The van der Waals surface area contributed by atoms with Gasteiger partial charge < -0.3 is 15.5 Å². The third-order valence-electron chi connectivity index (χ3n) is 3.80. The number of carbonyl (C=O) groups excluding carboxylic acids is 1. The standard InChI is InChI=1S/C15H23N3O/c1-10-7-11(2)18(9-10)15(19)12-5-6-14(17(3)4)13(16)8-12/h5-6,8,10-11H,7,9,16H2,1-4H3. The molecular formula is C15H23N3O. The van der Waals surface area contributed by atoms with Crippen LogP contribution in [0, 0.1) is 5.92 Å². The third kappa shape index (κ3) is 2.67. The molecule has 1 aromatic rings. The van der Waals surface area contributed by atoms with Crippen molar-refractivity contribution in [2.24, 2.45) is 5.92 Å². The van der Waals surface area contributed by atoms with Crippen LogP contribution in [0.5, 0.6) is 0 Å². The van der Waals surface area contributed by atoms with Crippen molar-refractivity contribution in [3.05, 3.63) is 23.8 Å². The average Bonchev–Trinajstić information content (AvgIpc) is 2.67. The van der Waals surface area contributed by atoms with Crippen LogP contribution in [-0.4, -0.2) is 37.5 Å². The topological polar surface area (TPSA) is 49.6 Å². The van der Waals surface area contributed by atoms with Gasteiger partial charge in [0.1, 0.15) is 0 Å². The molecule has 1 amide bonds. The molecule has 4 heteroatoms. The number of anilines is 2. The predicted octanol–water partition coefficient (Wildman–Crippen LogP) is 2.21. The van der Waals surface area contributed by atoms with Crippen molar-refractivity contribution in [3.8, 4) is 0 Å². The van der Waals surface area contributed by atoms with Crippen LogP contribution in [0.3, 0.4) is 0 Å². The summed E-state index contributed by atoms with van der Waals surface area (Å²) >= 11 is 0. The second-order valence-electron chi connectivity index (χ2n) is 5.82. The first-order valence-corrected chi connectivity index (χ1v) is 6.78. The van der Waals surface area contributed by atoms with Crippen molar-refractivity contribution in [1.82, 2.24) is 4.90 Å². The molecule has 104 valence electrons. The molecule has 2 atom stereocenters. The van der Waals surface area contributed by atoms with Gasteiger partial charge in [0.25, 0.3) is 5.91 Å². The molecule has 0 aliphatic carbocycles. The molecule has 1 aromatic carbocycles.